The Hall–Kier alpha value is -1.70. The van der Waals surface area contributed by atoms with Crippen molar-refractivity contribution in [2.75, 3.05) is 7.05 Å². The molecule has 5 nitrogen and oxygen atoms in total. The molecule has 0 aliphatic heterocycles. The van der Waals surface area contributed by atoms with Gasteiger partial charge in [0.25, 0.3) is 0 Å². The number of hydrogen-bond donors (Lipinski definition) is 1. The molecule has 0 fully saturated rings. The number of thiophene rings is 1. The van der Waals surface area contributed by atoms with Crippen molar-refractivity contribution in [1.29, 1.82) is 0 Å². The summed E-state index contributed by atoms with van der Waals surface area (Å²) in [5.74, 6) is 1.44. The van der Waals surface area contributed by atoms with Gasteiger partial charge in [0.15, 0.2) is 0 Å². The van der Waals surface area contributed by atoms with Crippen molar-refractivity contribution in [2.45, 2.75) is 19.5 Å². The van der Waals surface area contributed by atoms with E-state index in [1.165, 1.54) is 0 Å². The van der Waals surface area contributed by atoms with E-state index in [1.54, 1.807) is 23.5 Å². The van der Waals surface area contributed by atoms with Crippen LogP contribution >= 0.6 is 27.3 Å². The molecule has 3 rings (SSSR count). The van der Waals surface area contributed by atoms with E-state index in [1.807, 2.05) is 31.3 Å². The first-order chi connectivity index (χ1) is 11.0. The first-order valence-corrected chi connectivity index (χ1v) is 8.71. The van der Waals surface area contributed by atoms with Crippen LogP contribution in [0.4, 0.5) is 0 Å². The molecule has 1 aromatic carbocycles. The largest absolute Gasteiger partial charge is 0.508 e. The molecule has 1 atom stereocenters. The van der Waals surface area contributed by atoms with Crippen molar-refractivity contribution in [3.05, 3.63) is 51.6 Å². The molecule has 0 bridgehead atoms. The summed E-state index contributed by atoms with van der Waals surface area (Å²) < 4.78 is 6.38. The number of nitrogens with zero attached hydrogens (tertiary/aromatic N) is 3. The number of aromatic nitrogens is 2. The fourth-order valence-electron chi connectivity index (χ4n) is 2.24. The van der Waals surface area contributed by atoms with Gasteiger partial charge in [-0.05, 0) is 59.7 Å². The minimum atomic E-state index is 0.119. The molecule has 7 heteroatoms. The summed E-state index contributed by atoms with van der Waals surface area (Å²) in [7, 11) is 1.99. The van der Waals surface area contributed by atoms with E-state index in [2.05, 4.69) is 37.9 Å². The van der Waals surface area contributed by atoms with E-state index in [0.717, 1.165) is 14.2 Å². The second-order valence-electron chi connectivity index (χ2n) is 5.30. The van der Waals surface area contributed by atoms with Crippen LogP contribution in [0.3, 0.4) is 0 Å². The number of aromatic hydroxyl groups is 1. The SMILES string of the molecule is CC(c1cccc(O)c1)N(C)Cc1nc(-c2ccc(Br)s2)no1. The highest BCUT2D eigenvalue weighted by Gasteiger charge is 2.17. The maximum absolute atomic E-state index is 9.60. The lowest BCUT2D eigenvalue weighted by atomic mass is 10.1. The molecule has 1 unspecified atom stereocenters. The number of benzene rings is 1. The van der Waals surface area contributed by atoms with Crippen LogP contribution in [0.5, 0.6) is 5.75 Å². The summed E-state index contributed by atoms with van der Waals surface area (Å²) in [4.78, 5) is 7.51. The predicted octanol–water partition coefficient (Wildman–Crippen LogP) is 4.46. The third-order valence-electron chi connectivity index (χ3n) is 3.66. The molecule has 0 saturated carbocycles. The van der Waals surface area contributed by atoms with Crippen LogP contribution in [0, 0.1) is 0 Å². The molecule has 0 spiro atoms. The number of halogens is 1. The minimum Gasteiger partial charge on any atom is -0.508 e. The first-order valence-electron chi connectivity index (χ1n) is 7.10. The summed E-state index contributed by atoms with van der Waals surface area (Å²) in [6.45, 7) is 2.61. The van der Waals surface area contributed by atoms with Crippen LogP contribution in [0.2, 0.25) is 0 Å². The highest BCUT2D eigenvalue weighted by atomic mass is 79.9. The second-order valence-corrected chi connectivity index (χ2v) is 7.76. The van der Waals surface area contributed by atoms with Crippen molar-refractivity contribution in [2.24, 2.45) is 0 Å². The monoisotopic (exact) mass is 393 g/mol. The van der Waals surface area contributed by atoms with Crippen LogP contribution in [0.25, 0.3) is 10.7 Å². The topological polar surface area (TPSA) is 62.4 Å². The first kappa shape index (κ1) is 16.2. The molecule has 0 radical (unpaired) electrons. The molecule has 0 amide bonds. The van der Waals surface area contributed by atoms with Crippen LogP contribution in [0.1, 0.15) is 24.4 Å². The standard InChI is InChI=1S/C16H16BrN3O2S/c1-10(11-4-3-5-12(21)8-11)20(2)9-15-18-16(19-22-15)13-6-7-14(17)23-13/h3-8,10,21H,9H2,1-2H3. The normalized spacial score (nSPS) is 12.7. The van der Waals surface area contributed by atoms with Gasteiger partial charge < -0.3 is 9.63 Å². The molecular formula is C16H16BrN3O2S. The van der Waals surface area contributed by atoms with Gasteiger partial charge in [0.05, 0.1) is 15.2 Å². The van der Waals surface area contributed by atoms with Crippen molar-refractivity contribution in [3.8, 4) is 16.5 Å². The lowest BCUT2D eigenvalue weighted by molar-refractivity contribution is 0.216. The Morgan fingerprint density at radius 2 is 2.17 bits per heavy atom. The van der Waals surface area contributed by atoms with Crippen molar-refractivity contribution >= 4 is 27.3 Å². The number of phenols is 1. The summed E-state index contributed by atoms with van der Waals surface area (Å²) in [6, 6.07) is 11.3. The Balaban J connectivity index is 1.70. The Bertz CT molecular complexity index is 802. The lowest BCUT2D eigenvalue weighted by Gasteiger charge is -2.23. The van der Waals surface area contributed by atoms with E-state index < -0.39 is 0 Å². The summed E-state index contributed by atoms with van der Waals surface area (Å²) in [5.41, 5.74) is 1.04. The fourth-order valence-corrected chi connectivity index (χ4v) is 3.55. The van der Waals surface area contributed by atoms with Crippen LogP contribution in [-0.2, 0) is 6.54 Å². The quantitative estimate of drug-likeness (QED) is 0.692. The average molecular weight is 394 g/mol. The third kappa shape index (κ3) is 3.80. The highest BCUT2D eigenvalue weighted by molar-refractivity contribution is 9.11. The van der Waals surface area contributed by atoms with Gasteiger partial charge in [-0.1, -0.05) is 17.3 Å². The number of rotatable bonds is 5. The van der Waals surface area contributed by atoms with E-state index in [-0.39, 0.29) is 11.8 Å². The predicted molar refractivity (Wildman–Crippen MR) is 93.3 cm³/mol. The van der Waals surface area contributed by atoms with Crippen molar-refractivity contribution in [3.63, 3.8) is 0 Å². The van der Waals surface area contributed by atoms with E-state index in [4.69, 9.17) is 4.52 Å². The zero-order chi connectivity index (χ0) is 16.4. The van der Waals surface area contributed by atoms with E-state index in [9.17, 15) is 5.11 Å². The summed E-state index contributed by atoms with van der Waals surface area (Å²) in [5, 5.41) is 13.6. The van der Waals surface area contributed by atoms with Gasteiger partial charge in [0, 0.05) is 6.04 Å². The van der Waals surface area contributed by atoms with Crippen molar-refractivity contribution in [1.82, 2.24) is 15.0 Å². The molecule has 0 saturated heterocycles. The Morgan fingerprint density at radius 1 is 1.35 bits per heavy atom. The molecule has 0 aliphatic carbocycles. The van der Waals surface area contributed by atoms with Gasteiger partial charge in [0.1, 0.15) is 5.75 Å². The van der Waals surface area contributed by atoms with Gasteiger partial charge in [-0.2, -0.15) is 4.98 Å². The summed E-state index contributed by atoms with van der Waals surface area (Å²) in [6.07, 6.45) is 0. The molecule has 1 N–H and O–H groups in total. The van der Waals surface area contributed by atoms with Crippen LogP contribution < -0.4 is 0 Å². The molecule has 0 aliphatic rings. The molecular weight excluding hydrogens is 378 g/mol. The number of hydrogen-bond acceptors (Lipinski definition) is 6. The van der Waals surface area contributed by atoms with E-state index in [0.29, 0.717) is 18.3 Å². The Kier molecular flexibility index (Phi) is 4.79. The third-order valence-corrected chi connectivity index (χ3v) is 5.28. The van der Waals surface area contributed by atoms with Gasteiger partial charge >= 0.3 is 0 Å². The Morgan fingerprint density at radius 3 is 2.87 bits per heavy atom. The van der Waals surface area contributed by atoms with Crippen LogP contribution in [-0.4, -0.2) is 27.2 Å². The second kappa shape index (κ2) is 6.82. The molecule has 3 aromatic rings. The van der Waals surface area contributed by atoms with E-state index >= 15 is 0 Å². The molecule has 120 valence electrons. The van der Waals surface area contributed by atoms with Gasteiger partial charge in [0.2, 0.25) is 11.7 Å². The summed E-state index contributed by atoms with van der Waals surface area (Å²) >= 11 is 5.00. The van der Waals surface area contributed by atoms with Gasteiger partial charge in [-0.15, -0.1) is 11.3 Å². The lowest BCUT2D eigenvalue weighted by Crippen LogP contribution is -2.22. The van der Waals surface area contributed by atoms with Crippen molar-refractivity contribution < 1.29 is 9.63 Å². The fraction of sp³-hybridized carbons (Fsp3) is 0.250. The maximum atomic E-state index is 9.60. The Labute approximate surface area is 146 Å². The highest BCUT2D eigenvalue weighted by Crippen LogP contribution is 2.30. The maximum Gasteiger partial charge on any atom is 0.241 e. The average Bonchev–Trinajstić information content (AvgIpc) is 3.15. The smallest absolute Gasteiger partial charge is 0.241 e. The van der Waals surface area contributed by atoms with Crippen LogP contribution in [0.15, 0.2) is 44.7 Å². The molecule has 23 heavy (non-hydrogen) atoms. The zero-order valence-electron chi connectivity index (χ0n) is 12.7. The minimum absolute atomic E-state index is 0.119. The van der Waals surface area contributed by atoms with Gasteiger partial charge in [-0.25, -0.2) is 0 Å². The number of phenolic OH excluding ortho intramolecular Hbond substituents is 1. The zero-order valence-corrected chi connectivity index (χ0v) is 15.1. The molecule has 2 aromatic heterocycles. The van der Waals surface area contributed by atoms with Gasteiger partial charge in [-0.3, -0.25) is 4.90 Å². The molecule has 2 heterocycles.